The van der Waals surface area contributed by atoms with E-state index in [0.717, 1.165) is 11.1 Å². The normalized spacial score (nSPS) is 10.6. The molecule has 0 atom stereocenters. The number of para-hydroxylation sites is 1. The van der Waals surface area contributed by atoms with E-state index in [2.05, 4.69) is 10.4 Å². The van der Waals surface area contributed by atoms with E-state index < -0.39 is 0 Å². The van der Waals surface area contributed by atoms with Gasteiger partial charge in [0.25, 0.3) is 5.91 Å². The first-order valence-corrected chi connectivity index (χ1v) is 9.49. The summed E-state index contributed by atoms with van der Waals surface area (Å²) in [6.45, 7) is 2.21. The number of aromatic nitrogens is 2. The van der Waals surface area contributed by atoms with Gasteiger partial charge >= 0.3 is 0 Å². The van der Waals surface area contributed by atoms with Gasteiger partial charge in [0.1, 0.15) is 12.4 Å². The fourth-order valence-electron chi connectivity index (χ4n) is 2.98. The Balaban J connectivity index is 1.64. The SMILES string of the molecule is Cc1ccccc1NC(=O)c1nn(-c2ccc(F)cc2)cc1OCc1ccccc1. The van der Waals surface area contributed by atoms with Crippen LogP contribution in [0.3, 0.4) is 0 Å². The highest BCUT2D eigenvalue weighted by atomic mass is 19.1. The lowest BCUT2D eigenvalue weighted by molar-refractivity contribution is 0.101. The highest BCUT2D eigenvalue weighted by Crippen LogP contribution is 2.23. The summed E-state index contributed by atoms with van der Waals surface area (Å²) in [6, 6.07) is 23.0. The van der Waals surface area contributed by atoms with E-state index in [0.29, 0.717) is 23.7 Å². The molecule has 0 saturated heterocycles. The first-order valence-electron chi connectivity index (χ1n) is 9.49. The number of amides is 1. The zero-order chi connectivity index (χ0) is 20.9. The Hall–Kier alpha value is -3.93. The van der Waals surface area contributed by atoms with E-state index in [4.69, 9.17) is 4.74 Å². The van der Waals surface area contributed by atoms with Crippen LogP contribution in [0.1, 0.15) is 21.6 Å². The van der Waals surface area contributed by atoms with Gasteiger partial charge in [0.2, 0.25) is 0 Å². The second kappa shape index (κ2) is 8.61. The van der Waals surface area contributed by atoms with Crippen LogP contribution in [0.4, 0.5) is 10.1 Å². The van der Waals surface area contributed by atoms with Crippen LogP contribution in [0, 0.1) is 12.7 Å². The molecule has 1 aromatic heterocycles. The summed E-state index contributed by atoms with van der Waals surface area (Å²) in [5.74, 6) is -0.383. The van der Waals surface area contributed by atoms with Gasteiger partial charge < -0.3 is 10.1 Å². The molecule has 6 heteroatoms. The van der Waals surface area contributed by atoms with Crippen LogP contribution in [-0.2, 0) is 6.61 Å². The Morgan fingerprint density at radius 3 is 2.43 bits per heavy atom. The van der Waals surface area contributed by atoms with Crippen molar-refractivity contribution >= 4 is 11.6 Å². The average molecular weight is 401 g/mol. The van der Waals surface area contributed by atoms with E-state index >= 15 is 0 Å². The van der Waals surface area contributed by atoms with E-state index in [1.807, 2.05) is 61.5 Å². The molecule has 4 aromatic rings. The Morgan fingerprint density at radius 1 is 1.00 bits per heavy atom. The van der Waals surface area contributed by atoms with Crippen LogP contribution < -0.4 is 10.1 Å². The second-order valence-corrected chi connectivity index (χ2v) is 6.81. The van der Waals surface area contributed by atoms with Crippen LogP contribution in [0.15, 0.2) is 85.1 Å². The number of carbonyl (C=O) groups excluding carboxylic acids is 1. The lowest BCUT2D eigenvalue weighted by Gasteiger charge is -2.08. The van der Waals surface area contributed by atoms with E-state index in [1.54, 1.807) is 18.3 Å². The van der Waals surface area contributed by atoms with Gasteiger partial charge in [0.05, 0.1) is 11.9 Å². The van der Waals surface area contributed by atoms with Crippen LogP contribution in [0.25, 0.3) is 5.69 Å². The van der Waals surface area contributed by atoms with Crippen LogP contribution in [0.5, 0.6) is 5.75 Å². The lowest BCUT2D eigenvalue weighted by Crippen LogP contribution is -2.15. The molecule has 0 fully saturated rings. The van der Waals surface area contributed by atoms with Crippen molar-refractivity contribution in [2.45, 2.75) is 13.5 Å². The quantitative estimate of drug-likeness (QED) is 0.486. The van der Waals surface area contributed by atoms with Crippen molar-refractivity contribution < 1.29 is 13.9 Å². The van der Waals surface area contributed by atoms with E-state index in [-0.39, 0.29) is 17.4 Å². The molecule has 0 aliphatic carbocycles. The third-order valence-corrected chi connectivity index (χ3v) is 4.62. The summed E-state index contributed by atoms with van der Waals surface area (Å²) in [7, 11) is 0. The first-order chi connectivity index (χ1) is 14.6. The highest BCUT2D eigenvalue weighted by Gasteiger charge is 2.20. The molecule has 3 aromatic carbocycles. The van der Waals surface area contributed by atoms with Crippen molar-refractivity contribution in [2.24, 2.45) is 0 Å². The number of rotatable bonds is 6. The molecule has 1 N–H and O–H groups in total. The molecule has 5 nitrogen and oxygen atoms in total. The minimum absolute atomic E-state index is 0.151. The monoisotopic (exact) mass is 401 g/mol. The van der Waals surface area contributed by atoms with Crippen molar-refractivity contribution in [1.29, 1.82) is 0 Å². The Labute approximate surface area is 173 Å². The smallest absolute Gasteiger partial charge is 0.280 e. The highest BCUT2D eigenvalue weighted by molar-refractivity contribution is 6.05. The standard InChI is InChI=1S/C24H20FN3O2/c1-17-7-5-6-10-21(17)26-24(29)23-22(30-16-18-8-3-2-4-9-18)15-28(27-23)20-13-11-19(25)12-14-20/h2-15H,16H2,1H3,(H,26,29). The summed E-state index contributed by atoms with van der Waals surface area (Å²) >= 11 is 0. The fourth-order valence-corrected chi connectivity index (χ4v) is 2.98. The molecule has 0 unspecified atom stereocenters. The van der Waals surface area contributed by atoms with Crippen molar-refractivity contribution in [1.82, 2.24) is 9.78 Å². The number of carbonyl (C=O) groups is 1. The van der Waals surface area contributed by atoms with Crippen LogP contribution in [-0.4, -0.2) is 15.7 Å². The zero-order valence-corrected chi connectivity index (χ0v) is 16.4. The van der Waals surface area contributed by atoms with Gasteiger partial charge in [-0.3, -0.25) is 4.79 Å². The number of aryl methyl sites for hydroxylation is 1. The third-order valence-electron chi connectivity index (χ3n) is 4.62. The van der Waals surface area contributed by atoms with Crippen molar-refractivity contribution in [3.8, 4) is 11.4 Å². The van der Waals surface area contributed by atoms with Crippen molar-refractivity contribution in [2.75, 3.05) is 5.32 Å². The van der Waals surface area contributed by atoms with Crippen LogP contribution >= 0.6 is 0 Å². The molecular formula is C24H20FN3O2. The minimum atomic E-state index is -0.381. The van der Waals surface area contributed by atoms with Gasteiger partial charge in [-0.1, -0.05) is 48.5 Å². The van der Waals surface area contributed by atoms with Gasteiger partial charge in [-0.05, 0) is 48.4 Å². The Bertz CT molecular complexity index is 1150. The van der Waals surface area contributed by atoms with E-state index in [1.165, 1.54) is 16.8 Å². The molecule has 1 heterocycles. The summed E-state index contributed by atoms with van der Waals surface area (Å²) in [5, 5.41) is 7.29. The number of hydrogen-bond donors (Lipinski definition) is 1. The first kappa shape index (κ1) is 19.4. The van der Waals surface area contributed by atoms with E-state index in [9.17, 15) is 9.18 Å². The van der Waals surface area contributed by atoms with Crippen molar-refractivity contribution in [3.63, 3.8) is 0 Å². The summed E-state index contributed by atoms with van der Waals surface area (Å²) in [4.78, 5) is 13.0. The number of halogens is 1. The maximum atomic E-state index is 13.3. The molecule has 150 valence electrons. The molecule has 0 bridgehead atoms. The molecule has 1 amide bonds. The number of nitrogens with zero attached hydrogens (tertiary/aromatic N) is 2. The number of ether oxygens (including phenoxy) is 1. The van der Waals surface area contributed by atoms with Crippen molar-refractivity contribution in [3.05, 3.63) is 108 Å². The Morgan fingerprint density at radius 2 is 1.70 bits per heavy atom. The molecule has 0 saturated carbocycles. The van der Waals surface area contributed by atoms with Crippen LogP contribution in [0.2, 0.25) is 0 Å². The third kappa shape index (κ3) is 4.38. The molecule has 0 aliphatic rings. The topological polar surface area (TPSA) is 56.2 Å². The fraction of sp³-hybridized carbons (Fsp3) is 0.0833. The van der Waals surface area contributed by atoms with Gasteiger partial charge in [0.15, 0.2) is 11.4 Å². The summed E-state index contributed by atoms with van der Waals surface area (Å²) < 4.78 is 20.7. The predicted octanol–water partition coefficient (Wildman–Crippen LogP) is 5.15. The lowest BCUT2D eigenvalue weighted by atomic mass is 10.2. The number of benzene rings is 3. The molecule has 0 spiro atoms. The molecule has 0 radical (unpaired) electrons. The van der Waals surface area contributed by atoms with Gasteiger partial charge in [-0.15, -0.1) is 0 Å². The summed E-state index contributed by atoms with van der Waals surface area (Å²) in [6.07, 6.45) is 1.63. The second-order valence-electron chi connectivity index (χ2n) is 6.81. The Kier molecular flexibility index (Phi) is 5.57. The minimum Gasteiger partial charge on any atom is -0.485 e. The molecule has 30 heavy (non-hydrogen) atoms. The van der Waals surface area contributed by atoms with Gasteiger partial charge in [-0.2, -0.15) is 5.10 Å². The predicted molar refractivity (Wildman–Crippen MR) is 113 cm³/mol. The van der Waals surface area contributed by atoms with Gasteiger partial charge in [-0.25, -0.2) is 9.07 Å². The van der Waals surface area contributed by atoms with Gasteiger partial charge in [0, 0.05) is 5.69 Å². The largest absolute Gasteiger partial charge is 0.485 e. The number of anilines is 1. The zero-order valence-electron chi connectivity index (χ0n) is 16.4. The molecule has 0 aliphatic heterocycles. The molecule has 4 rings (SSSR count). The average Bonchev–Trinajstić information content (AvgIpc) is 3.19. The number of nitrogens with one attached hydrogen (secondary N) is 1. The molecular weight excluding hydrogens is 381 g/mol. The maximum Gasteiger partial charge on any atom is 0.280 e. The maximum absolute atomic E-state index is 13.3. The summed E-state index contributed by atoms with van der Waals surface area (Å²) in [5.41, 5.74) is 3.38. The number of hydrogen-bond acceptors (Lipinski definition) is 3.